The van der Waals surface area contributed by atoms with Gasteiger partial charge in [0, 0.05) is 5.56 Å². The predicted molar refractivity (Wildman–Crippen MR) is 108 cm³/mol. The Morgan fingerprint density at radius 1 is 0.760 bits per heavy atom. The van der Waals surface area contributed by atoms with Crippen molar-refractivity contribution >= 4 is 0 Å². The second kappa shape index (κ2) is 15.7. The number of hydrogen-bond donors (Lipinski definition) is 0. The molecule has 0 aliphatic rings. The van der Waals surface area contributed by atoms with E-state index < -0.39 is 36.7 Å². The maximum absolute atomic E-state index is 8.64. The Hall–Kier alpha value is -0.530. The first kappa shape index (κ1) is 14.5. The Labute approximate surface area is 174 Å². The van der Waals surface area contributed by atoms with Crippen molar-refractivity contribution in [3.8, 4) is 0 Å². The molecule has 0 aromatic heterocycles. The molecule has 0 heterocycles. The molecule has 146 valence electrons. The van der Waals surface area contributed by atoms with Gasteiger partial charge >= 0.3 is 0 Å². The van der Waals surface area contributed by atoms with Gasteiger partial charge in [0.05, 0.1) is 30.2 Å². The molecule has 2 heteroatoms. The number of hydrogen-bond acceptors (Lipinski definition) is 0. The van der Waals surface area contributed by atoms with Crippen LogP contribution in [0.1, 0.15) is 99.1 Å². The van der Waals surface area contributed by atoms with Gasteiger partial charge in [0.1, 0.15) is 6.50 Å². The predicted octanol–water partition coefficient (Wildman–Crippen LogP) is 3.97. The highest BCUT2D eigenvalue weighted by atomic mass is 35.5. The molecule has 0 radical (unpaired) electrons. The van der Waals surface area contributed by atoms with Crippen molar-refractivity contribution in [2.75, 3.05) is 20.6 Å². The van der Waals surface area contributed by atoms with Crippen molar-refractivity contribution in [2.24, 2.45) is 0 Å². The molecule has 0 atom stereocenters. The first-order valence-electron chi connectivity index (χ1n) is 13.4. The monoisotopic (exact) mass is 374 g/mol. The van der Waals surface area contributed by atoms with E-state index in [9.17, 15) is 0 Å². The Bertz CT molecular complexity index is 666. The molecule has 0 fully saturated rings. The van der Waals surface area contributed by atoms with Gasteiger partial charge in [-0.15, -0.1) is 0 Å². The summed E-state index contributed by atoms with van der Waals surface area (Å²) in [4.78, 5) is 0. The average molecular weight is 375 g/mol. The minimum absolute atomic E-state index is 0. The van der Waals surface area contributed by atoms with Crippen molar-refractivity contribution in [3.63, 3.8) is 0 Å². The minimum atomic E-state index is -2.08. The first-order chi connectivity index (χ1) is 14.5. The Morgan fingerprint density at radius 3 is 1.68 bits per heavy atom. The second-order valence-electron chi connectivity index (χ2n) is 7.41. The lowest BCUT2D eigenvalue weighted by atomic mass is 10.1. The van der Waals surface area contributed by atoms with Gasteiger partial charge in [-0.3, -0.25) is 0 Å². The number of rotatable bonds is 15. The second-order valence-corrected chi connectivity index (χ2v) is 7.41. The van der Waals surface area contributed by atoms with Crippen LogP contribution in [0.2, 0.25) is 0 Å². The number of unbranched alkanes of at least 4 members (excludes halogenated alkanes) is 11. The molecule has 1 nitrogen and oxygen atoms in total. The van der Waals surface area contributed by atoms with Crippen molar-refractivity contribution in [2.45, 2.75) is 90.5 Å². The molecular weight excluding hydrogens is 326 g/mol. The molecule has 0 N–H and O–H groups in total. The summed E-state index contributed by atoms with van der Waals surface area (Å²) in [6, 6.07) is -2.34. The lowest BCUT2D eigenvalue weighted by Gasteiger charge is -2.30. The zero-order valence-corrected chi connectivity index (χ0v) is 17.3. The number of quaternary nitrogens is 1. The van der Waals surface area contributed by atoms with Crippen LogP contribution in [0.25, 0.3) is 0 Å². The van der Waals surface area contributed by atoms with Crippen LogP contribution in [0.5, 0.6) is 0 Å². The van der Waals surface area contributed by atoms with Gasteiger partial charge in [0.2, 0.25) is 0 Å². The maximum Gasteiger partial charge on any atom is 0.104 e. The quantitative estimate of drug-likeness (QED) is 0.322. The molecule has 25 heavy (non-hydrogen) atoms. The Morgan fingerprint density at radius 2 is 1.20 bits per heavy atom. The van der Waals surface area contributed by atoms with E-state index in [1.165, 1.54) is 57.8 Å². The van der Waals surface area contributed by atoms with Crippen LogP contribution in [-0.2, 0) is 6.50 Å². The molecule has 0 saturated heterocycles. The van der Waals surface area contributed by atoms with E-state index in [0.717, 1.165) is 19.3 Å². The molecule has 1 rings (SSSR count). The van der Waals surface area contributed by atoms with E-state index >= 15 is 0 Å². The molecule has 0 spiro atoms. The summed E-state index contributed by atoms with van der Waals surface area (Å²) < 4.78 is 56.9. The molecular formula is C23H42ClN. The topological polar surface area (TPSA) is 0 Å². The third kappa shape index (κ3) is 14.3. The number of benzene rings is 1. The van der Waals surface area contributed by atoms with E-state index in [4.69, 9.17) is 9.60 Å². The van der Waals surface area contributed by atoms with Crippen LogP contribution < -0.4 is 12.4 Å². The van der Waals surface area contributed by atoms with E-state index in [1.54, 1.807) is 14.1 Å². The fraction of sp³-hybridized carbons (Fsp3) is 0.739. The van der Waals surface area contributed by atoms with Gasteiger partial charge in [-0.25, -0.2) is 0 Å². The Balaban J connectivity index is 0.00000961. The third-order valence-corrected chi connectivity index (χ3v) is 4.49. The molecule has 0 amide bonds. The fourth-order valence-electron chi connectivity index (χ4n) is 3.01. The van der Waals surface area contributed by atoms with E-state index in [0.29, 0.717) is 6.54 Å². The van der Waals surface area contributed by atoms with Gasteiger partial charge in [-0.2, -0.15) is 0 Å². The smallest absolute Gasteiger partial charge is 0.104 e. The molecule has 1 aromatic carbocycles. The molecule has 0 saturated carbocycles. The summed E-state index contributed by atoms with van der Waals surface area (Å²) in [5.41, 5.74) is -0.248. The van der Waals surface area contributed by atoms with Gasteiger partial charge in [0.25, 0.3) is 0 Å². The van der Waals surface area contributed by atoms with Crippen LogP contribution in [0.15, 0.2) is 30.2 Å². The molecule has 0 unspecified atom stereocenters. The van der Waals surface area contributed by atoms with E-state index in [-0.39, 0.29) is 22.5 Å². The summed E-state index contributed by atoms with van der Waals surface area (Å²) in [6.07, 6.45) is 14.8. The normalized spacial score (nSPS) is 15.9. The standard InChI is InChI=1S/C23H42N.ClH/c1-4-5-6-7-8-9-10-11-12-13-14-18-21-24(2,3)22-23-19-16-15-17-20-23;/h15-17,19-20H,4-14,18,21-22H2,1-3H3;1H/q+1;/p-1/i15D,16D,17D,19D,20D,22D2;. The van der Waals surface area contributed by atoms with Gasteiger partial charge < -0.3 is 16.9 Å². The zero-order valence-electron chi connectivity index (χ0n) is 23.5. The highest BCUT2D eigenvalue weighted by Crippen LogP contribution is 2.14. The third-order valence-electron chi connectivity index (χ3n) is 4.49. The summed E-state index contributed by atoms with van der Waals surface area (Å²) in [7, 11) is 3.47. The van der Waals surface area contributed by atoms with E-state index in [1.807, 2.05) is 0 Å². The van der Waals surface area contributed by atoms with Crippen molar-refractivity contribution in [1.82, 2.24) is 0 Å². The molecule has 0 aliphatic carbocycles. The fourth-order valence-corrected chi connectivity index (χ4v) is 3.01. The van der Waals surface area contributed by atoms with Crippen molar-refractivity contribution in [1.29, 1.82) is 0 Å². The van der Waals surface area contributed by atoms with Crippen LogP contribution in [0.4, 0.5) is 0 Å². The van der Waals surface area contributed by atoms with Gasteiger partial charge in [0.15, 0.2) is 0 Å². The number of halogens is 1. The maximum atomic E-state index is 8.64. The summed E-state index contributed by atoms with van der Waals surface area (Å²) in [5, 5.41) is 0. The highest BCUT2D eigenvalue weighted by Gasteiger charge is 2.14. The SMILES string of the molecule is [2H]c1c([2H])c([2H])c(C([2H])([2H])[N+](C)(C)CCCCCCCCCCCCCC)c([2H])c1[2H].[Cl-]. The summed E-state index contributed by atoms with van der Waals surface area (Å²) in [6.45, 7) is 0.710. The summed E-state index contributed by atoms with van der Waals surface area (Å²) in [5.74, 6) is 0. The van der Waals surface area contributed by atoms with E-state index in [2.05, 4.69) is 6.92 Å². The summed E-state index contributed by atoms with van der Waals surface area (Å²) >= 11 is 0. The molecule has 0 bridgehead atoms. The lowest BCUT2D eigenvalue weighted by molar-refractivity contribution is -0.903. The minimum Gasteiger partial charge on any atom is -1.00 e. The van der Waals surface area contributed by atoms with Crippen LogP contribution in [0.3, 0.4) is 0 Å². The molecule has 1 aromatic rings. The first-order valence-corrected chi connectivity index (χ1v) is 9.89. The number of nitrogens with zero attached hydrogens (tertiary/aromatic N) is 1. The largest absolute Gasteiger partial charge is 1.00 e. The van der Waals surface area contributed by atoms with Crippen molar-refractivity contribution in [3.05, 3.63) is 35.8 Å². The van der Waals surface area contributed by atoms with Crippen molar-refractivity contribution < 1.29 is 26.5 Å². The van der Waals surface area contributed by atoms with Crippen LogP contribution >= 0.6 is 0 Å². The zero-order chi connectivity index (χ0) is 23.7. The van der Waals surface area contributed by atoms with Gasteiger partial charge in [-0.05, 0) is 12.8 Å². The van der Waals surface area contributed by atoms with Gasteiger partial charge in [-0.1, -0.05) is 101 Å². The van der Waals surface area contributed by atoms with Crippen LogP contribution in [0, 0.1) is 0 Å². The van der Waals surface area contributed by atoms with Crippen LogP contribution in [-0.4, -0.2) is 25.1 Å². The average Bonchev–Trinajstić information content (AvgIpc) is 2.71. The Kier molecular flexibility index (Phi) is 9.12. The lowest BCUT2D eigenvalue weighted by Crippen LogP contribution is -3.00. The highest BCUT2D eigenvalue weighted by molar-refractivity contribution is 5.13. The molecule has 0 aliphatic heterocycles.